The summed E-state index contributed by atoms with van der Waals surface area (Å²) >= 11 is 6.61. The van der Waals surface area contributed by atoms with Gasteiger partial charge in [-0.05, 0) is 73.6 Å². The van der Waals surface area contributed by atoms with Crippen LogP contribution in [0.2, 0.25) is 0 Å². The number of rotatable bonds is 9. The standard InChI is InChI=1S/C28H24F2N4O3S2/c1-4-37-24-8-6-5-7-22(24)34-27(35)21(33-28(34)38)13-17-9-10-23(36-3)18(12-17)15-39-26-19(14-31)16(2)11-20(32-26)25(29)30/h5-13,25H,4,15H2,1-3H3,(H,33,38)/b21-13+. The summed E-state index contributed by atoms with van der Waals surface area (Å²) in [5.41, 5.74) is 2.56. The number of nitrogens with one attached hydrogen (secondary N) is 1. The summed E-state index contributed by atoms with van der Waals surface area (Å²) in [4.78, 5) is 18.7. The van der Waals surface area contributed by atoms with E-state index in [0.29, 0.717) is 40.7 Å². The molecule has 0 radical (unpaired) electrons. The second-order valence-electron chi connectivity index (χ2n) is 8.35. The first-order chi connectivity index (χ1) is 18.8. The Hall–Kier alpha value is -4.01. The molecular weight excluding hydrogens is 542 g/mol. The Kier molecular flexibility index (Phi) is 8.79. The van der Waals surface area contributed by atoms with E-state index in [4.69, 9.17) is 21.7 Å². The van der Waals surface area contributed by atoms with Crippen molar-refractivity contribution in [3.63, 3.8) is 0 Å². The number of amides is 1. The van der Waals surface area contributed by atoms with Gasteiger partial charge in [0.25, 0.3) is 12.3 Å². The number of carbonyl (C=O) groups excluding carboxylic acids is 1. The molecule has 11 heteroatoms. The Morgan fingerprint density at radius 3 is 2.69 bits per heavy atom. The second kappa shape index (κ2) is 12.2. The normalized spacial score (nSPS) is 14.1. The van der Waals surface area contributed by atoms with Crippen molar-refractivity contribution < 1.29 is 23.0 Å². The van der Waals surface area contributed by atoms with E-state index >= 15 is 0 Å². The maximum absolute atomic E-state index is 13.3. The predicted octanol–water partition coefficient (Wildman–Crippen LogP) is 6.16. The van der Waals surface area contributed by atoms with Gasteiger partial charge in [0.2, 0.25) is 0 Å². The number of aromatic nitrogens is 1. The third-order valence-electron chi connectivity index (χ3n) is 5.80. The third-order valence-corrected chi connectivity index (χ3v) is 7.11. The fourth-order valence-electron chi connectivity index (χ4n) is 4.01. The molecule has 1 amide bonds. The van der Waals surface area contributed by atoms with E-state index in [9.17, 15) is 18.8 Å². The van der Waals surface area contributed by atoms with Crippen molar-refractivity contribution >= 4 is 46.8 Å². The van der Waals surface area contributed by atoms with Crippen LogP contribution < -0.4 is 19.7 Å². The number of methoxy groups -OCH3 is 1. The van der Waals surface area contributed by atoms with Crippen molar-refractivity contribution in [2.75, 3.05) is 18.6 Å². The average molecular weight is 567 g/mol. The number of aryl methyl sites for hydroxylation is 1. The summed E-state index contributed by atoms with van der Waals surface area (Å²) in [6, 6.07) is 15.8. The number of pyridine rings is 1. The van der Waals surface area contributed by atoms with Crippen molar-refractivity contribution in [2.24, 2.45) is 0 Å². The van der Waals surface area contributed by atoms with Gasteiger partial charge in [-0.2, -0.15) is 5.26 Å². The van der Waals surface area contributed by atoms with E-state index in [-0.39, 0.29) is 33.0 Å². The van der Waals surface area contributed by atoms with Crippen LogP contribution in [-0.2, 0) is 10.5 Å². The highest BCUT2D eigenvalue weighted by Crippen LogP contribution is 2.34. The Balaban J connectivity index is 1.62. The molecule has 1 saturated heterocycles. The van der Waals surface area contributed by atoms with Crippen molar-refractivity contribution in [2.45, 2.75) is 31.1 Å². The molecule has 1 aliphatic heterocycles. The molecular formula is C28H24F2N4O3S2. The predicted molar refractivity (Wildman–Crippen MR) is 150 cm³/mol. The Labute approximate surface area is 234 Å². The van der Waals surface area contributed by atoms with Crippen LogP contribution in [0.4, 0.5) is 14.5 Å². The summed E-state index contributed by atoms with van der Waals surface area (Å²) in [5, 5.41) is 13.0. The molecule has 1 fully saturated rings. The van der Waals surface area contributed by atoms with Crippen LogP contribution in [0.1, 0.15) is 41.3 Å². The van der Waals surface area contributed by atoms with Gasteiger partial charge in [-0.15, -0.1) is 11.8 Å². The molecule has 1 N–H and O–H groups in total. The Morgan fingerprint density at radius 1 is 1.23 bits per heavy atom. The van der Waals surface area contributed by atoms with Gasteiger partial charge >= 0.3 is 0 Å². The van der Waals surface area contributed by atoms with E-state index in [2.05, 4.69) is 16.4 Å². The van der Waals surface area contributed by atoms with E-state index in [1.54, 1.807) is 43.3 Å². The zero-order valence-corrected chi connectivity index (χ0v) is 23.0. The van der Waals surface area contributed by atoms with Crippen LogP contribution in [0.15, 0.2) is 59.3 Å². The number of benzene rings is 2. The largest absolute Gasteiger partial charge is 0.496 e. The lowest BCUT2D eigenvalue weighted by Crippen LogP contribution is -2.30. The molecule has 1 aromatic heterocycles. The number of thioether (sulfide) groups is 1. The Bertz CT molecular complexity index is 1500. The first kappa shape index (κ1) is 28.0. The molecule has 7 nitrogen and oxygen atoms in total. The highest BCUT2D eigenvalue weighted by molar-refractivity contribution is 7.98. The minimum absolute atomic E-state index is 0.222. The molecule has 0 saturated carbocycles. The Morgan fingerprint density at radius 2 is 2.00 bits per heavy atom. The lowest BCUT2D eigenvalue weighted by atomic mass is 10.1. The molecule has 0 atom stereocenters. The lowest BCUT2D eigenvalue weighted by molar-refractivity contribution is -0.113. The molecule has 0 bridgehead atoms. The molecule has 0 spiro atoms. The number of alkyl halides is 2. The minimum Gasteiger partial charge on any atom is -0.496 e. The summed E-state index contributed by atoms with van der Waals surface area (Å²) in [5.74, 6) is 1.07. The fraction of sp³-hybridized carbons (Fsp3) is 0.214. The van der Waals surface area contributed by atoms with Gasteiger partial charge in [-0.1, -0.05) is 18.2 Å². The van der Waals surface area contributed by atoms with Gasteiger partial charge in [0.1, 0.15) is 34.0 Å². The third kappa shape index (κ3) is 6.02. The van der Waals surface area contributed by atoms with Crippen LogP contribution in [0.3, 0.4) is 0 Å². The topological polar surface area (TPSA) is 87.5 Å². The van der Waals surface area contributed by atoms with E-state index in [1.165, 1.54) is 18.1 Å². The number of halogens is 2. The SMILES string of the molecule is CCOc1ccccc1N1C(=O)/C(=C\c2ccc(OC)c(CSc3nc(C(F)F)cc(C)c3C#N)c2)NC1=S. The molecule has 0 unspecified atom stereocenters. The number of hydrogen-bond donors (Lipinski definition) is 1. The van der Waals surface area contributed by atoms with Crippen molar-refractivity contribution in [3.05, 3.63) is 82.2 Å². The number of para-hydroxylation sites is 2. The van der Waals surface area contributed by atoms with Crippen LogP contribution in [0, 0.1) is 18.3 Å². The zero-order chi connectivity index (χ0) is 28.1. The summed E-state index contributed by atoms with van der Waals surface area (Å²) in [6.07, 6.45) is -1.07. The lowest BCUT2D eigenvalue weighted by Gasteiger charge is -2.18. The smallest absolute Gasteiger partial charge is 0.281 e. The molecule has 1 aliphatic rings. The van der Waals surface area contributed by atoms with Crippen molar-refractivity contribution in [1.82, 2.24) is 10.3 Å². The van der Waals surface area contributed by atoms with Gasteiger partial charge in [-0.3, -0.25) is 4.79 Å². The molecule has 39 heavy (non-hydrogen) atoms. The first-order valence-electron chi connectivity index (χ1n) is 11.9. The minimum atomic E-state index is -2.75. The first-order valence-corrected chi connectivity index (χ1v) is 13.2. The molecule has 3 aromatic rings. The zero-order valence-electron chi connectivity index (χ0n) is 21.3. The van der Waals surface area contributed by atoms with E-state index in [1.807, 2.05) is 19.1 Å². The van der Waals surface area contributed by atoms with Crippen molar-refractivity contribution in [3.8, 4) is 17.6 Å². The fourth-order valence-corrected chi connectivity index (χ4v) is 5.34. The quantitative estimate of drug-likeness (QED) is 0.187. The van der Waals surface area contributed by atoms with Gasteiger partial charge < -0.3 is 14.8 Å². The van der Waals surface area contributed by atoms with E-state index in [0.717, 1.165) is 17.3 Å². The number of anilines is 1. The summed E-state index contributed by atoms with van der Waals surface area (Å²) < 4.78 is 37.8. The average Bonchev–Trinajstić information content (AvgIpc) is 3.19. The maximum Gasteiger partial charge on any atom is 0.281 e. The van der Waals surface area contributed by atoms with Crippen LogP contribution in [0.25, 0.3) is 6.08 Å². The molecule has 2 heterocycles. The molecule has 4 rings (SSSR count). The van der Waals surface area contributed by atoms with Crippen LogP contribution in [0.5, 0.6) is 11.5 Å². The van der Waals surface area contributed by atoms with Gasteiger partial charge in [0.15, 0.2) is 5.11 Å². The van der Waals surface area contributed by atoms with E-state index < -0.39 is 6.43 Å². The van der Waals surface area contributed by atoms with Crippen LogP contribution in [-0.4, -0.2) is 29.7 Å². The number of hydrogen-bond acceptors (Lipinski definition) is 7. The number of thiocarbonyl (C=S) groups is 1. The number of nitrogens with zero attached hydrogens (tertiary/aromatic N) is 3. The summed E-state index contributed by atoms with van der Waals surface area (Å²) in [6.45, 7) is 3.90. The van der Waals surface area contributed by atoms with Gasteiger partial charge in [0.05, 0.1) is 25.0 Å². The molecule has 200 valence electrons. The highest BCUT2D eigenvalue weighted by atomic mass is 32.2. The maximum atomic E-state index is 13.3. The van der Waals surface area contributed by atoms with Crippen LogP contribution >= 0.6 is 24.0 Å². The molecule has 0 aliphatic carbocycles. The second-order valence-corrected chi connectivity index (χ2v) is 9.70. The molecule has 2 aromatic carbocycles. The number of ether oxygens (including phenoxy) is 2. The number of nitriles is 1. The van der Waals surface area contributed by atoms with Gasteiger partial charge in [0, 0.05) is 11.3 Å². The summed E-state index contributed by atoms with van der Waals surface area (Å²) in [7, 11) is 1.52. The van der Waals surface area contributed by atoms with Crippen molar-refractivity contribution in [1.29, 1.82) is 5.26 Å². The highest BCUT2D eigenvalue weighted by Gasteiger charge is 2.33. The monoisotopic (exact) mass is 566 g/mol. The number of carbonyl (C=O) groups is 1. The van der Waals surface area contributed by atoms with Gasteiger partial charge in [-0.25, -0.2) is 18.7 Å².